The van der Waals surface area contributed by atoms with E-state index in [0.717, 1.165) is 26.4 Å². The maximum absolute atomic E-state index is 11.9. The van der Waals surface area contributed by atoms with Crippen LogP contribution in [0, 0.1) is 6.92 Å². The first-order valence-corrected chi connectivity index (χ1v) is 9.10. The van der Waals surface area contributed by atoms with Gasteiger partial charge in [-0.3, -0.25) is 0 Å². The fourth-order valence-electron chi connectivity index (χ4n) is 2.53. The Balaban J connectivity index is 1.37. The van der Waals surface area contributed by atoms with Gasteiger partial charge in [-0.2, -0.15) is 4.98 Å². The average molecular weight is 377 g/mol. The Hall–Kier alpha value is -3.32. The lowest BCUT2D eigenvalue weighted by atomic mass is 10.1. The molecule has 4 aromatic rings. The fourth-order valence-corrected chi connectivity index (χ4v) is 3.40. The van der Waals surface area contributed by atoms with Crippen LogP contribution in [0.3, 0.4) is 0 Å². The van der Waals surface area contributed by atoms with Crippen LogP contribution in [-0.2, 0) is 16.1 Å². The zero-order valence-corrected chi connectivity index (χ0v) is 15.3. The van der Waals surface area contributed by atoms with E-state index in [-0.39, 0.29) is 12.5 Å². The van der Waals surface area contributed by atoms with Gasteiger partial charge in [0.2, 0.25) is 5.82 Å². The Morgan fingerprint density at radius 1 is 1.15 bits per heavy atom. The van der Waals surface area contributed by atoms with Crippen molar-refractivity contribution in [2.24, 2.45) is 0 Å². The summed E-state index contributed by atoms with van der Waals surface area (Å²) in [4.78, 5) is 20.6. The van der Waals surface area contributed by atoms with Crippen molar-refractivity contribution in [1.82, 2.24) is 15.1 Å². The lowest BCUT2D eigenvalue weighted by molar-refractivity contribution is -0.139. The first-order valence-electron chi connectivity index (χ1n) is 8.28. The van der Waals surface area contributed by atoms with Gasteiger partial charge in [0.25, 0.3) is 5.89 Å². The first-order chi connectivity index (χ1) is 13.2. The number of ether oxygens (including phenoxy) is 1. The van der Waals surface area contributed by atoms with Crippen molar-refractivity contribution < 1.29 is 14.1 Å². The lowest BCUT2D eigenvalue weighted by Crippen LogP contribution is -2.01. The molecule has 4 rings (SSSR count). The molecule has 2 aromatic carbocycles. The van der Waals surface area contributed by atoms with Gasteiger partial charge < -0.3 is 9.26 Å². The summed E-state index contributed by atoms with van der Waals surface area (Å²) in [5.74, 6) is 0.226. The molecule has 2 heterocycles. The Morgan fingerprint density at radius 2 is 1.96 bits per heavy atom. The number of hydrogen-bond acceptors (Lipinski definition) is 7. The van der Waals surface area contributed by atoms with Crippen LogP contribution in [0.15, 0.2) is 59.1 Å². The Bertz CT molecular complexity index is 1100. The van der Waals surface area contributed by atoms with Gasteiger partial charge in [-0.05, 0) is 30.7 Å². The van der Waals surface area contributed by atoms with Gasteiger partial charge in [0.1, 0.15) is 5.01 Å². The monoisotopic (exact) mass is 377 g/mol. The largest absolute Gasteiger partial charge is 0.452 e. The molecule has 2 aromatic heterocycles. The van der Waals surface area contributed by atoms with Crippen LogP contribution in [0.4, 0.5) is 0 Å². The molecule has 0 aliphatic heterocycles. The highest BCUT2D eigenvalue weighted by atomic mass is 32.1. The summed E-state index contributed by atoms with van der Waals surface area (Å²) in [7, 11) is 0. The number of thiazole rings is 1. The molecule has 0 fully saturated rings. The highest BCUT2D eigenvalue weighted by molar-refractivity contribution is 7.19. The van der Waals surface area contributed by atoms with Gasteiger partial charge in [0.05, 0.1) is 10.2 Å². The number of carbonyl (C=O) groups excluding carboxylic acids is 1. The Kier molecular flexibility index (Phi) is 4.76. The van der Waals surface area contributed by atoms with E-state index in [9.17, 15) is 4.79 Å². The summed E-state index contributed by atoms with van der Waals surface area (Å²) in [5, 5.41) is 4.68. The molecule has 0 bridgehead atoms. The average Bonchev–Trinajstić information content (AvgIpc) is 3.31. The molecule has 0 spiro atoms. The molecular formula is C20H15N3O3S. The van der Waals surface area contributed by atoms with Crippen LogP contribution in [0.1, 0.15) is 16.5 Å². The smallest absolute Gasteiger partial charge is 0.331 e. The maximum atomic E-state index is 11.9. The number of aryl methyl sites for hydroxylation is 1. The first kappa shape index (κ1) is 17.1. The molecule has 0 aliphatic rings. The minimum Gasteiger partial charge on any atom is -0.452 e. The highest BCUT2D eigenvalue weighted by Crippen LogP contribution is 2.22. The van der Waals surface area contributed by atoms with Crippen LogP contribution in [0.2, 0.25) is 0 Å². The van der Waals surface area contributed by atoms with Crippen LogP contribution < -0.4 is 0 Å². The van der Waals surface area contributed by atoms with Crippen LogP contribution in [0.5, 0.6) is 0 Å². The van der Waals surface area contributed by atoms with Crippen molar-refractivity contribution in [2.75, 3.05) is 0 Å². The number of hydrogen-bond donors (Lipinski definition) is 0. The second-order valence-corrected chi connectivity index (χ2v) is 6.85. The minimum atomic E-state index is -0.495. The highest BCUT2D eigenvalue weighted by Gasteiger charge is 2.11. The SMILES string of the molecule is Cc1ccccc1-c1noc(COC(=O)/C=C/c2nc3ccccc3s2)n1. The van der Waals surface area contributed by atoms with Crippen molar-refractivity contribution in [3.63, 3.8) is 0 Å². The van der Waals surface area contributed by atoms with Crippen molar-refractivity contribution in [1.29, 1.82) is 0 Å². The predicted octanol–water partition coefficient (Wildman–Crippen LogP) is 4.41. The zero-order valence-electron chi connectivity index (χ0n) is 14.5. The van der Waals surface area contributed by atoms with E-state index in [2.05, 4.69) is 15.1 Å². The molecule has 0 radical (unpaired) electrons. The molecule has 0 unspecified atom stereocenters. The molecular weight excluding hydrogens is 362 g/mol. The number of aromatic nitrogens is 3. The van der Waals surface area contributed by atoms with Gasteiger partial charge in [-0.15, -0.1) is 11.3 Å². The van der Waals surface area contributed by atoms with E-state index in [1.54, 1.807) is 6.08 Å². The number of carbonyl (C=O) groups is 1. The standard InChI is InChI=1S/C20H15N3O3S/c1-13-6-2-3-7-14(13)20-22-17(26-23-20)12-25-19(24)11-10-18-21-15-8-4-5-9-16(15)27-18/h2-11H,12H2,1H3/b11-10+. The van der Waals surface area contributed by atoms with E-state index in [1.807, 2.05) is 55.5 Å². The molecule has 0 N–H and O–H groups in total. The number of rotatable bonds is 5. The lowest BCUT2D eigenvalue weighted by Gasteiger charge is -1.98. The third kappa shape index (κ3) is 3.93. The van der Waals surface area contributed by atoms with Gasteiger partial charge in [-0.1, -0.05) is 41.6 Å². The topological polar surface area (TPSA) is 78.1 Å². The predicted molar refractivity (Wildman–Crippen MR) is 103 cm³/mol. The molecule has 0 atom stereocenters. The minimum absolute atomic E-state index is 0.0814. The zero-order chi connectivity index (χ0) is 18.6. The van der Waals surface area contributed by atoms with Crippen molar-refractivity contribution in [3.8, 4) is 11.4 Å². The second-order valence-electron chi connectivity index (χ2n) is 5.79. The second kappa shape index (κ2) is 7.51. The number of benzene rings is 2. The summed E-state index contributed by atoms with van der Waals surface area (Å²) in [5.41, 5.74) is 2.83. The third-order valence-electron chi connectivity index (χ3n) is 3.86. The van der Waals surface area contributed by atoms with Gasteiger partial charge >= 0.3 is 5.97 Å². The molecule has 0 saturated heterocycles. The van der Waals surface area contributed by atoms with Gasteiger partial charge in [0, 0.05) is 11.6 Å². The quantitative estimate of drug-likeness (QED) is 0.379. The number of nitrogens with zero attached hydrogens (tertiary/aromatic N) is 3. The molecule has 134 valence electrons. The van der Waals surface area contributed by atoms with E-state index < -0.39 is 5.97 Å². The van der Waals surface area contributed by atoms with Crippen molar-refractivity contribution in [2.45, 2.75) is 13.5 Å². The van der Waals surface area contributed by atoms with E-state index >= 15 is 0 Å². The van der Waals surface area contributed by atoms with Crippen LogP contribution >= 0.6 is 11.3 Å². The number of fused-ring (bicyclic) bond motifs is 1. The summed E-state index contributed by atoms with van der Waals surface area (Å²) >= 11 is 1.51. The van der Waals surface area contributed by atoms with Crippen molar-refractivity contribution in [3.05, 3.63) is 71.1 Å². The summed E-state index contributed by atoms with van der Waals surface area (Å²) in [6.45, 7) is 1.89. The molecule has 6 nitrogen and oxygen atoms in total. The molecule has 27 heavy (non-hydrogen) atoms. The van der Waals surface area contributed by atoms with Gasteiger partial charge in [0.15, 0.2) is 6.61 Å². The molecule has 0 saturated carbocycles. The maximum Gasteiger partial charge on any atom is 0.331 e. The molecule has 0 amide bonds. The molecule has 7 heteroatoms. The van der Waals surface area contributed by atoms with Crippen molar-refractivity contribution >= 4 is 33.6 Å². The molecule has 0 aliphatic carbocycles. The third-order valence-corrected chi connectivity index (χ3v) is 4.87. The van der Waals surface area contributed by atoms with E-state index in [1.165, 1.54) is 17.4 Å². The van der Waals surface area contributed by atoms with Crippen LogP contribution in [-0.4, -0.2) is 21.1 Å². The summed E-state index contributed by atoms with van der Waals surface area (Å²) in [6.07, 6.45) is 2.98. The van der Waals surface area contributed by atoms with E-state index in [4.69, 9.17) is 9.26 Å². The normalized spacial score (nSPS) is 11.3. The number of para-hydroxylation sites is 1. The summed E-state index contributed by atoms with van der Waals surface area (Å²) < 4.78 is 11.4. The van der Waals surface area contributed by atoms with Gasteiger partial charge in [-0.25, -0.2) is 9.78 Å². The Morgan fingerprint density at radius 3 is 2.81 bits per heavy atom. The van der Waals surface area contributed by atoms with Crippen LogP contribution in [0.25, 0.3) is 27.7 Å². The number of esters is 1. The van der Waals surface area contributed by atoms with E-state index in [0.29, 0.717) is 5.82 Å². The Labute approximate surface area is 159 Å². The fraction of sp³-hybridized carbons (Fsp3) is 0.100. The summed E-state index contributed by atoms with van der Waals surface area (Å²) in [6, 6.07) is 15.5.